The van der Waals surface area contributed by atoms with Crippen LogP contribution in [0.2, 0.25) is 0 Å². The van der Waals surface area contributed by atoms with Gasteiger partial charge in [0.25, 0.3) is 0 Å². The average Bonchev–Trinajstić information content (AvgIpc) is 2.18. The third kappa shape index (κ3) is 2.62. The minimum Gasteiger partial charge on any atom is -0.325 e. The molecule has 0 aliphatic heterocycles. The molecule has 4 nitrogen and oxygen atoms in total. The van der Waals surface area contributed by atoms with E-state index in [-0.39, 0.29) is 12.3 Å². The average molecular weight is 185 g/mol. The molecule has 14 heavy (non-hydrogen) atoms. The summed E-state index contributed by atoms with van der Waals surface area (Å²) in [6.45, 7) is 0. The van der Waals surface area contributed by atoms with E-state index < -0.39 is 0 Å². The third-order valence-electron chi connectivity index (χ3n) is 1.52. The van der Waals surface area contributed by atoms with Crippen molar-refractivity contribution in [2.75, 3.05) is 5.32 Å². The first-order valence-electron chi connectivity index (χ1n) is 3.93. The smallest absolute Gasteiger partial charge is 0.238 e. The Hall–Kier alpha value is -2.33. The van der Waals surface area contributed by atoms with Gasteiger partial charge in [0.1, 0.15) is 6.42 Å². The Morgan fingerprint density at radius 2 is 2.21 bits per heavy atom. The summed E-state index contributed by atoms with van der Waals surface area (Å²) in [6, 6.07) is 10.2. The van der Waals surface area contributed by atoms with Crippen LogP contribution in [0.4, 0.5) is 5.69 Å². The predicted octanol–water partition coefficient (Wildman–Crippen LogP) is 1.41. The second-order valence-electron chi connectivity index (χ2n) is 2.58. The van der Waals surface area contributed by atoms with Crippen LogP contribution in [0, 0.1) is 22.7 Å². The van der Waals surface area contributed by atoms with E-state index in [9.17, 15) is 4.79 Å². The minimum atomic E-state index is -0.373. The van der Waals surface area contributed by atoms with Gasteiger partial charge >= 0.3 is 0 Å². The van der Waals surface area contributed by atoms with Crippen LogP contribution in [0.1, 0.15) is 12.0 Å². The first-order chi connectivity index (χ1) is 6.76. The van der Waals surface area contributed by atoms with Crippen molar-refractivity contribution in [3.63, 3.8) is 0 Å². The number of hydrogen-bond acceptors (Lipinski definition) is 3. The summed E-state index contributed by atoms with van der Waals surface area (Å²) in [6.07, 6.45) is -0.184. The van der Waals surface area contributed by atoms with Gasteiger partial charge in [-0.3, -0.25) is 4.79 Å². The van der Waals surface area contributed by atoms with Crippen molar-refractivity contribution in [1.82, 2.24) is 0 Å². The molecule has 68 valence electrons. The molecular formula is C10H7N3O. The van der Waals surface area contributed by atoms with Crippen LogP contribution in [-0.4, -0.2) is 5.91 Å². The lowest BCUT2D eigenvalue weighted by atomic mass is 10.2. The molecule has 4 heteroatoms. The summed E-state index contributed by atoms with van der Waals surface area (Å²) >= 11 is 0. The maximum Gasteiger partial charge on any atom is 0.238 e. The lowest BCUT2D eigenvalue weighted by Crippen LogP contribution is -2.09. The fourth-order valence-corrected chi connectivity index (χ4v) is 0.943. The van der Waals surface area contributed by atoms with Gasteiger partial charge in [-0.1, -0.05) is 6.07 Å². The number of rotatable bonds is 2. The first kappa shape index (κ1) is 9.76. The fourth-order valence-electron chi connectivity index (χ4n) is 0.943. The van der Waals surface area contributed by atoms with Crippen LogP contribution in [0.15, 0.2) is 24.3 Å². The first-order valence-corrected chi connectivity index (χ1v) is 3.93. The van der Waals surface area contributed by atoms with Gasteiger partial charge in [-0.2, -0.15) is 10.5 Å². The van der Waals surface area contributed by atoms with Gasteiger partial charge in [-0.15, -0.1) is 0 Å². The zero-order chi connectivity index (χ0) is 10.4. The molecule has 1 amide bonds. The number of nitriles is 2. The molecule has 0 fully saturated rings. The maximum atomic E-state index is 11.0. The van der Waals surface area contributed by atoms with E-state index in [0.717, 1.165) is 0 Å². The van der Waals surface area contributed by atoms with Crippen LogP contribution in [0.5, 0.6) is 0 Å². The van der Waals surface area contributed by atoms with E-state index in [4.69, 9.17) is 10.5 Å². The van der Waals surface area contributed by atoms with E-state index in [0.29, 0.717) is 11.3 Å². The Labute approximate surface area is 81.4 Å². The number of carbonyl (C=O) groups excluding carboxylic acids is 1. The van der Waals surface area contributed by atoms with E-state index in [2.05, 4.69) is 5.32 Å². The molecular weight excluding hydrogens is 178 g/mol. The van der Waals surface area contributed by atoms with Crippen LogP contribution in [-0.2, 0) is 4.79 Å². The van der Waals surface area contributed by atoms with Crippen molar-refractivity contribution in [1.29, 1.82) is 10.5 Å². The lowest BCUT2D eigenvalue weighted by Gasteiger charge is -2.01. The minimum absolute atomic E-state index is 0.184. The molecule has 0 aliphatic rings. The molecule has 0 radical (unpaired) electrons. The van der Waals surface area contributed by atoms with E-state index in [1.165, 1.54) is 0 Å². The molecule has 0 unspecified atom stereocenters. The van der Waals surface area contributed by atoms with Gasteiger partial charge in [0.05, 0.1) is 17.7 Å². The summed E-state index contributed by atoms with van der Waals surface area (Å²) in [5.74, 6) is -0.373. The highest BCUT2D eigenvalue weighted by molar-refractivity contribution is 5.92. The van der Waals surface area contributed by atoms with Gasteiger partial charge in [0.15, 0.2) is 0 Å². The number of carbonyl (C=O) groups is 1. The number of amides is 1. The van der Waals surface area contributed by atoms with Gasteiger partial charge < -0.3 is 5.32 Å². The van der Waals surface area contributed by atoms with Crippen molar-refractivity contribution in [2.45, 2.75) is 6.42 Å². The molecule has 0 spiro atoms. The quantitative estimate of drug-likeness (QED) is 0.756. The van der Waals surface area contributed by atoms with Crippen molar-refractivity contribution < 1.29 is 4.79 Å². The van der Waals surface area contributed by atoms with Crippen LogP contribution in [0.25, 0.3) is 0 Å². The van der Waals surface area contributed by atoms with Gasteiger partial charge in [0, 0.05) is 5.69 Å². The van der Waals surface area contributed by atoms with Crippen molar-refractivity contribution in [2.24, 2.45) is 0 Å². The normalized spacial score (nSPS) is 8.43. The van der Waals surface area contributed by atoms with Crippen LogP contribution in [0.3, 0.4) is 0 Å². The predicted molar refractivity (Wildman–Crippen MR) is 50.0 cm³/mol. The Morgan fingerprint density at radius 3 is 2.86 bits per heavy atom. The van der Waals surface area contributed by atoms with E-state index >= 15 is 0 Å². The molecule has 0 bridgehead atoms. The summed E-state index contributed by atoms with van der Waals surface area (Å²) in [5.41, 5.74) is 1.00. The number of nitrogens with zero attached hydrogens (tertiary/aromatic N) is 2. The Morgan fingerprint density at radius 1 is 1.43 bits per heavy atom. The van der Waals surface area contributed by atoms with Crippen molar-refractivity contribution in [3.8, 4) is 12.1 Å². The third-order valence-corrected chi connectivity index (χ3v) is 1.52. The molecule has 0 aromatic heterocycles. The molecule has 0 heterocycles. The standard InChI is InChI=1S/C10H7N3O/c11-5-4-10(14)13-9-3-1-2-8(6-9)7-12/h1-3,6H,4H2,(H,13,14). The monoisotopic (exact) mass is 185 g/mol. The Balaban J connectivity index is 2.74. The van der Waals surface area contributed by atoms with E-state index in [1.54, 1.807) is 30.3 Å². The highest BCUT2D eigenvalue weighted by atomic mass is 16.1. The molecule has 0 aliphatic carbocycles. The highest BCUT2D eigenvalue weighted by Gasteiger charge is 2.00. The Kier molecular flexibility index (Phi) is 3.23. The SMILES string of the molecule is N#CCC(=O)Nc1cccc(C#N)c1. The summed E-state index contributed by atoms with van der Waals surface area (Å²) in [4.78, 5) is 11.0. The molecule has 1 aromatic rings. The molecule has 1 aromatic carbocycles. The number of anilines is 1. The zero-order valence-corrected chi connectivity index (χ0v) is 7.32. The topological polar surface area (TPSA) is 76.7 Å². The molecule has 0 saturated heterocycles. The number of hydrogen-bond donors (Lipinski definition) is 1. The summed E-state index contributed by atoms with van der Waals surface area (Å²) in [5, 5.41) is 19.3. The van der Waals surface area contributed by atoms with E-state index in [1.807, 2.05) is 6.07 Å². The zero-order valence-electron chi connectivity index (χ0n) is 7.32. The summed E-state index contributed by atoms with van der Waals surface area (Å²) in [7, 11) is 0. The van der Waals surface area contributed by atoms with Crippen LogP contribution >= 0.6 is 0 Å². The summed E-state index contributed by atoms with van der Waals surface area (Å²) < 4.78 is 0. The van der Waals surface area contributed by atoms with Crippen molar-refractivity contribution >= 4 is 11.6 Å². The van der Waals surface area contributed by atoms with Crippen LogP contribution < -0.4 is 5.32 Å². The number of benzene rings is 1. The van der Waals surface area contributed by atoms with Crippen molar-refractivity contribution in [3.05, 3.63) is 29.8 Å². The maximum absolute atomic E-state index is 11.0. The fraction of sp³-hybridized carbons (Fsp3) is 0.100. The molecule has 1 N–H and O–H groups in total. The number of nitrogens with one attached hydrogen (secondary N) is 1. The largest absolute Gasteiger partial charge is 0.325 e. The van der Waals surface area contributed by atoms with Gasteiger partial charge in [-0.25, -0.2) is 0 Å². The lowest BCUT2D eigenvalue weighted by molar-refractivity contribution is -0.115. The highest BCUT2D eigenvalue weighted by Crippen LogP contribution is 2.09. The molecule has 0 atom stereocenters. The second kappa shape index (κ2) is 4.64. The second-order valence-corrected chi connectivity index (χ2v) is 2.58. The molecule has 1 rings (SSSR count). The Bertz CT molecular complexity index is 426. The van der Waals surface area contributed by atoms with Gasteiger partial charge in [0.2, 0.25) is 5.91 Å². The molecule has 0 saturated carbocycles. The van der Waals surface area contributed by atoms with Gasteiger partial charge in [-0.05, 0) is 18.2 Å².